The third kappa shape index (κ3) is 9.12. The molecule has 3 aromatic rings. The Balaban J connectivity index is 1.61. The minimum atomic E-state index is -4.74. The van der Waals surface area contributed by atoms with Gasteiger partial charge in [0.25, 0.3) is 0 Å². The van der Waals surface area contributed by atoms with E-state index in [9.17, 15) is 13.2 Å². The van der Waals surface area contributed by atoms with Gasteiger partial charge in [-0.2, -0.15) is 0 Å². The summed E-state index contributed by atoms with van der Waals surface area (Å²) in [7, 11) is 3.97. The minimum Gasteiger partial charge on any atom is -0.406 e. The number of nitrogens with zero attached hydrogens (tertiary/aromatic N) is 5. The fraction of sp³-hybridized carbons (Fsp3) is 0.154. The summed E-state index contributed by atoms with van der Waals surface area (Å²) >= 11 is 1.44. The molecule has 3 rings (SSSR count). The molecule has 0 fully saturated rings. The van der Waals surface area contributed by atoms with Gasteiger partial charge >= 0.3 is 6.36 Å². The molecular weight excluding hydrogens is 501 g/mol. The van der Waals surface area contributed by atoms with Crippen LogP contribution in [0.5, 0.6) is 5.75 Å². The largest absolute Gasteiger partial charge is 0.573 e. The monoisotopic (exact) mass is 526 g/mol. The molecule has 0 amide bonds. The molecule has 0 aliphatic rings. The fourth-order valence-corrected chi connectivity index (χ4v) is 3.25. The van der Waals surface area contributed by atoms with Crippen LogP contribution in [0.4, 0.5) is 30.2 Å². The molecule has 3 aromatic carbocycles. The van der Waals surface area contributed by atoms with Gasteiger partial charge in [-0.1, -0.05) is 36.0 Å². The van der Waals surface area contributed by atoms with Crippen LogP contribution in [0, 0.1) is 0 Å². The normalized spacial score (nSPS) is 12.9. The zero-order valence-corrected chi connectivity index (χ0v) is 21.2. The summed E-state index contributed by atoms with van der Waals surface area (Å²) in [6.07, 6.45) is 0.121. The number of halogens is 3. The van der Waals surface area contributed by atoms with Gasteiger partial charge in [-0.05, 0) is 60.4 Å². The van der Waals surface area contributed by atoms with Gasteiger partial charge in [0, 0.05) is 31.6 Å². The molecule has 37 heavy (non-hydrogen) atoms. The Kier molecular flexibility index (Phi) is 9.45. The van der Waals surface area contributed by atoms with Gasteiger partial charge in [-0.3, -0.25) is 0 Å². The van der Waals surface area contributed by atoms with Crippen molar-refractivity contribution >= 4 is 52.4 Å². The molecule has 0 unspecified atom stereocenters. The molecule has 0 aromatic heterocycles. The summed E-state index contributed by atoms with van der Waals surface area (Å²) in [5.41, 5.74) is 9.86. The summed E-state index contributed by atoms with van der Waals surface area (Å²) < 4.78 is 40.5. The highest BCUT2D eigenvalue weighted by molar-refractivity contribution is 8.13. The second kappa shape index (κ2) is 12.7. The number of anilines is 1. The van der Waals surface area contributed by atoms with Crippen LogP contribution in [0.1, 0.15) is 11.1 Å². The zero-order chi connectivity index (χ0) is 26.8. The first kappa shape index (κ1) is 27.5. The maximum Gasteiger partial charge on any atom is 0.573 e. The number of hydrogen-bond acceptors (Lipinski definition) is 5. The molecule has 0 aliphatic heterocycles. The summed E-state index contributed by atoms with van der Waals surface area (Å²) in [6, 6.07) is 20.3. The lowest BCUT2D eigenvalue weighted by Gasteiger charge is -2.11. The van der Waals surface area contributed by atoms with E-state index in [1.54, 1.807) is 18.3 Å². The third-order valence-corrected chi connectivity index (χ3v) is 5.34. The van der Waals surface area contributed by atoms with Gasteiger partial charge in [0.05, 0.1) is 11.4 Å². The van der Waals surface area contributed by atoms with Crippen molar-refractivity contribution in [2.24, 2.45) is 25.7 Å². The van der Waals surface area contributed by atoms with Crippen LogP contribution in [0.25, 0.3) is 0 Å². The molecule has 0 bridgehead atoms. The molecule has 192 valence electrons. The number of rotatable bonds is 7. The van der Waals surface area contributed by atoms with Crippen LogP contribution in [0.3, 0.4) is 0 Å². The van der Waals surface area contributed by atoms with Crippen molar-refractivity contribution < 1.29 is 17.9 Å². The molecule has 0 spiro atoms. The van der Waals surface area contributed by atoms with Crippen LogP contribution in [0.15, 0.2) is 92.8 Å². The highest BCUT2D eigenvalue weighted by Crippen LogP contribution is 2.25. The zero-order valence-electron chi connectivity index (χ0n) is 20.3. The second-order valence-electron chi connectivity index (χ2n) is 7.69. The van der Waals surface area contributed by atoms with E-state index in [0.717, 1.165) is 16.9 Å². The molecular formula is C26H25F3N6OS. The first-order valence-electron chi connectivity index (χ1n) is 10.9. The summed E-state index contributed by atoms with van der Waals surface area (Å²) in [4.78, 5) is 19.2. The van der Waals surface area contributed by atoms with Crippen LogP contribution in [-0.2, 0) is 0 Å². The summed E-state index contributed by atoms with van der Waals surface area (Å²) in [6.45, 7) is 0. The lowest BCUT2D eigenvalue weighted by molar-refractivity contribution is -0.274. The molecule has 0 saturated carbocycles. The van der Waals surface area contributed by atoms with Crippen molar-refractivity contribution in [2.45, 2.75) is 6.36 Å². The van der Waals surface area contributed by atoms with Crippen molar-refractivity contribution in [3.05, 3.63) is 83.9 Å². The molecule has 2 N–H and O–H groups in total. The smallest absolute Gasteiger partial charge is 0.406 e. The number of amidine groups is 2. The van der Waals surface area contributed by atoms with E-state index in [1.807, 2.05) is 61.6 Å². The van der Waals surface area contributed by atoms with Crippen molar-refractivity contribution in [2.75, 3.05) is 25.3 Å². The SMILES string of the molecule is CSC(N=Cc1ccc(C(N)=NC=Nc2ccc(OC(F)(F)F)cc2)cc1)=Nc1ccc(N(C)C)cc1. The first-order chi connectivity index (χ1) is 17.6. The first-order valence-corrected chi connectivity index (χ1v) is 12.1. The van der Waals surface area contributed by atoms with Crippen molar-refractivity contribution in [3.63, 3.8) is 0 Å². The molecule has 7 nitrogen and oxygen atoms in total. The second-order valence-corrected chi connectivity index (χ2v) is 8.46. The van der Waals surface area contributed by atoms with Crippen molar-refractivity contribution in [3.8, 4) is 5.75 Å². The summed E-state index contributed by atoms with van der Waals surface area (Å²) in [5, 5.41) is 0.622. The van der Waals surface area contributed by atoms with E-state index < -0.39 is 6.36 Å². The Morgan fingerprint density at radius 1 is 0.919 bits per heavy atom. The van der Waals surface area contributed by atoms with Crippen molar-refractivity contribution in [1.29, 1.82) is 0 Å². The number of alkyl halides is 3. The van der Waals surface area contributed by atoms with Gasteiger partial charge in [0.15, 0.2) is 5.17 Å². The Hall–Kier alpha value is -4.12. The average molecular weight is 527 g/mol. The number of hydrogen-bond donors (Lipinski definition) is 1. The summed E-state index contributed by atoms with van der Waals surface area (Å²) in [5.74, 6) is -0.0931. The van der Waals surface area contributed by atoms with E-state index in [4.69, 9.17) is 5.73 Å². The standard InChI is InChI=1S/C26H25F3N6OS/c1-35(2)22-12-8-21(9-13-22)34-25(37-3)31-16-18-4-6-19(7-5-18)24(30)33-17-32-20-10-14-23(15-11-20)36-26(27,28)29/h4-17H,1-3H3,(H2,30,32,33). The van der Waals surface area contributed by atoms with Crippen LogP contribution >= 0.6 is 11.8 Å². The number of nitrogens with two attached hydrogens (primary N) is 1. The quantitative estimate of drug-likeness (QED) is 0.294. The maximum atomic E-state index is 12.2. The van der Waals surface area contributed by atoms with E-state index in [2.05, 4.69) is 24.7 Å². The molecule has 0 atom stereocenters. The fourth-order valence-electron chi connectivity index (χ4n) is 2.90. The lowest BCUT2D eigenvalue weighted by atomic mass is 10.1. The predicted molar refractivity (Wildman–Crippen MR) is 147 cm³/mol. The van der Waals surface area contributed by atoms with Crippen LogP contribution in [-0.4, -0.2) is 50.3 Å². The lowest BCUT2D eigenvalue weighted by Crippen LogP contribution is -2.16. The van der Waals surface area contributed by atoms with Gasteiger partial charge in [0.1, 0.15) is 17.9 Å². The van der Waals surface area contributed by atoms with E-state index >= 15 is 0 Å². The van der Waals surface area contributed by atoms with E-state index in [0.29, 0.717) is 16.4 Å². The van der Waals surface area contributed by atoms with Crippen LogP contribution < -0.4 is 15.4 Å². The highest BCUT2D eigenvalue weighted by atomic mass is 32.2. The number of benzene rings is 3. The van der Waals surface area contributed by atoms with Crippen molar-refractivity contribution in [1.82, 2.24) is 0 Å². The highest BCUT2D eigenvalue weighted by Gasteiger charge is 2.30. The van der Waals surface area contributed by atoms with E-state index in [1.165, 1.54) is 42.4 Å². The Labute approximate surface area is 217 Å². The van der Waals surface area contributed by atoms with E-state index in [-0.39, 0.29) is 11.6 Å². The Morgan fingerprint density at radius 3 is 2.11 bits per heavy atom. The number of ether oxygens (including phenoxy) is 1. The Bertz CT molecular complexity index is 1280. The van der Waals surface area contributed by atoms with Gasteiger partial charge in [-0.15, -0.1) is 13.2 Å². The molecule has 0 heterocycles. The van der Waals surface area contributed by atoms with Gasteiger partial charge in [-0.25, -0.2) is 20.0 Å². The number of thioether (sulfide) groups is 1. The molecule has 0 saturated heterocycles. The van der Waals surface area contributed by atoms with Gasteiger partial charge < -0.3 is 15.4 Å². The number of aliphatic imine (C=N–C) groups is 4. The minimum absolute atomic E-state index is 0.233. The predicted octanol–water partition coefficient (Wildman–Crippen LogP) is 6.19. The van der Waals surface area contributed by atoms with Gasteiger partial charge in [0.2, 0.25) is 0 Å². The average Bonchev–Trinajstić information content (AvgIpc) is 2.87. The van der Waals surface area contributed by atoms with Crippen LogP contribution in [0.2, 0.25) is 0 Å². The Morgan fingerprint density at radius 2 is 1.54 bits per heavy atom. The molecule has 0 aliphatic carbocycles. The molecule has 0 radical (unpaired) electrons. The third-order valence-electron chi connectivity index (χ3n) is 4.78. The molecule has 11 heteroatoms. The topological polar surface area (TPSA) is 87.9 Å². The maximum absolute atomic E-state index is 12.2.